The van der Waals surface area contributed by atoms with E-state index >= 15 is 0 Å². The van der Waals surface area contributed by atoms with E-state index in [1.54, 1.807) is 12.1 Å². The summed E-state index contributed by atoms with van der Waals surface area (Å²) in [7, 11) is 0. The summed E-state index contributed by atoms with van der Waals surface area (Å²) in [5.74, 6) is -0.0432. The van der Waals surface area contributed by atoms with Crippen LogP contribution in [0.5, 0.6) is 5.75 Å². The first kappa shape index (κ1) is 22.2. The quantitative estimate of drug-likeness (QED) is 0.342. The second-order valence-corrected chi connectivity index (χ2v) is 8.48. The molecule has 0 N–H and O–H groups in total. The fourth-order valence-electron chi connectivity index (χ4n) is 2.97. The number of nitrogens with zero attached hydrogens (tertiary/aromatic N) is 1. The normalized spacial score (nSPS) is 15.6. The van der Waals surface area contributed by atoms with Gasteiger partial charge < -0.3 is 9.15 Å². The highest BCUT2D eigenvalue weighted by atomic mass is 79.9. The SMILES string of the molecule is O=C1S/C(=C\c2ccc(-c3ccc(OC(F)(F)F)cc3)o2)C(=O)N1Cc1ccccc1Br. The molecule has 1 saturated heterocycles. The van der Waals surface area contributed by atoms with Crippen molar-refractivity contribution in [1.29, 1.82) is 0 Å². The predicted octanol–water partition coefficient (Wildman–Crippen LogP) is 6.84. The van der Waals surface area contributed by atoms with Crippen molar-refractivity contribution in [1.82, 2.24) is 4.90 Å². The van der Waals surface area contributed by atoms with Gasteiger partial charge in [0.25, 0.3) is 11.1 Å². The fraction of sp³-hybridized carbons (Fsp3) is 0.0909. The molecule has 0 aliphatic carbocycles. The molecule has 3 aromatic rings. The van der Waals surface area contributed by atoms with Gasteiger partial charge in [0.05, 0.1) is 11.4 Å². The highest BCUT2D eigenvalue weighted by Gasteiger charge is 2.35. The van der Waals surface area contributed by atoms with Gasteiger partial charge in [-0.15, -0.1) is 13.2 Å². The lowest BCUT2D eigenvalue weighted by atomic mass is 10.2. The Kier molecular flexibility index (Phi) is 6.16. The van der Waals surface area contributed by atoms with E-state index in [2.05, 4.69) is 20.7 Å². The van der Waals surface area contributed by atoms with E-state index in [0.717, 1.165) is 26.7 Å². The number of hydrogen-bond donors (Lipinski definition) is 0. The van der Waals surface area contributed by atoms with Gasteiger partial charge in [0.15, 0.2) is 0 Å². The van der Waals surface area contributed by atoms with Crippen LogP contribution in [0.3, 0.4) is 0 Å². The number of alkyl halides is 3. The number of rotatable bonds is 5. The molecule has 1 aromatic heterocycles. The number of hydrogen-bond acceptors (Lipinski definition) is 5. The van der Waals surface area contributed by atoms with Gasteiger partial charge in [-0.1, -0.05) is 34.1 Å². The first-order valence-electron chi connectivity index (χ1n) is 9.14. The van der Waals surface area contributed by atoms with Crippen LogP contribution in [0.15, 0.2) is 74.5 Å². The second-order valence-electron chi connectivity index (χ2n) is 6.63. The minimum atomic E-state index is -4.76. The van der Waals surface area contributed by atoms with Crippen molar-refractivity contribution < 1.29 is 31.9 Å². The van der Waals surface area contributed by atoms with E-state index in [-0.39, 0.29) is 22.4 Å². The molecular weight excluding hydrogens is 511 g/mol. The molecule has 2 heterocycles. The van der Waals surface area contributed by atoms with Crippen LogP contribution in [0.4, 0.5) is 18.0 Å². The van der Waals surface area contributed by atoms with Gasteiger partial charge in [-0.3, -0.25) is 14.5 Å². The van der Waals surface area contributed by atoms with Crippen molar-refractivity contribution in [2.45, 2.75) is 12.9 Å². The van der Waals surface area contributed by atoms with Gasteiger partial charge >= 0.3 is 6.36 Å². The van der Waals surface area contributed by atoms with Crippen molar-refractivity contribution in [2.75, 3.05) is 0 Å². The zero-order valence-electron chi connectivity index (χ0n) is 16.1. The van der Waals surface area contributed by atoms with Crippen molar-refractivity contribution >= 4 is 44.9 Å². The lowest BCUT2D eigenvalue weighted by molar-refractivity contribution is -0.274. The number of carbonyl (C=O) groups excluding carboxylic acids is 2. The molecular formula is C22H13BrF3NO4S. The molecule has 1 aliphatic rings. The van der Waals surface area contributed by atoms with Gasteiger partial charge in [-0.2, -0.15) is 0 Å². The highest BCUT2D eigenvalue weighted by molar-refractivity contribution is 9.10. The van der Waals surface area contributed by atoms with E-state index in [1.165, 1.54) is 30.3 Å². The van der Waals surface area contributed by atoms with E-state index in [9.17, 15) is 22.8 Å². The average molecular weight is 524 g/mol. The highest BCUT2D eigenvalue weighted by Crippen LogP contribution is 2.35. The molecule has 32 heavy (non-hydrogen) atoms. The third-order valence-corrected chi connectivity index (χ3v) is 6.11. The molecule has 0 bridgehead atoms. The minimum absolute atomic E-state index is 0.138. The van der Waals surface area contributed by atoms with E-state index < -0.39 is 12.3 Å². The summed E-state index contributed by atoms with van der Waals surface area (Å²) < 4.78 is 47.2. The zero-order valence-corrected chi connectivity index (χ0v) is 18.5. The average Bonchev–Trinajstić information content (AvgIpc) is 3.29. The summed E-state index contributed by atoms with van der Waals surface area (Å²) in [5, 5.41) is -0.385. The van der Waals surface area contributed by atoms with Gasteiger partial charge in [0.2, 0.25) is 0 Å². The van der Waals surface area contributed by atoms with Crippen LogP contribution in [0.1, 0.15) is 11.3 Å². The zero-order chi connectivity index (χ0) is 22.9. The Hall–Kier alpha value is -2.98. The van der Waals surface area contributed by atoms with Crippen molar-refractivity contribution in [2.24, 2.45) is 0 Å². The van der Waals surface area contributed by atoms with Crippen molar-refractivity contribution in [3.05, 3.63) is 81.4 Å². The summed E-state index contributed by atoms with van der Waals surface area (Å²) in [6.45, 7) is 0.138. The fourth-order valence-corrected chi connectivity index (χ4v) is 4.20. The molecule has 2 amide bonds. The van der Waals surface area contributed by atoms with Crippen molar-refractivity contribution in [3.63, 3.8) is 0 Å². The molecule has 0 saturated carbocycles. The van der Waals surface area contributed by atoms with E-state index in [1.807, 2.05) is 24.3 Å². The van der Waals surface area contributed by atoms with Crippen LogP contribution in [0.2, 0.25) is 0 Å². The molecule has 0 spiro atoms. The van der Waals surface area contributed by atoms with Crippen LogP contribution in [0.25, 0.3) is 17.4 Å². The number of amides is 2. The Morgan fingerprint density at radius 1 is 1.03 bits per heavy atom. The number of thioether (sulfide) groups is 1. The number of ether oxygens (including phenoxy) is 1. The first-order valence-corrected chi connectivity index (χ1v) is 10.8. The number of carbonyl (C=O) groups is 2. The van der Waals surface area contributed by atoms with Crippen LogP contribution in [-0.4, -0.2) is 22.4 Å². The Morgan fingerprint density at radius 3 is 2.44 bits per heavy atom. The minimum Gasteiger partial charge on any atom is -0.457 e. The second kappa shape index (κ2) is 8.87. The first-order chi connectivity index (χ1) is 15.2. The maximum atomic E-state index is 12.7. The molecule has 4 rings (SSSR count). The lowest BCUT2D eigenvalue weighted by Gasteiger charge is -2.13. The third-order valence-electron chi connectivity index (χ3n) is 4.43. The Bertz CT molecular complexity index is 1200. The molecule has 0 radical (unpaired) electrons. The lowest BCUT2D eigenvalue weighted by Crippen LogP contribution is -2.27. The van der Waals surface area contributed by atoms with Crippen molar-refractivity contribution in [3.8, 4) is 17.1 Å². The summed E-state index contributed by atoms with van der Waals surface area (Å²) in [6.07, 6.45) is -3.30. The van der Waals surface area contributed by atoms with Crippen LogP contribution >= 0.6 is 27.7 Å². The van der Waals surface area contributed by atoms with Crippen LogP contribution in [0, 0.1) is 0 Å². The maximum Gasteiger partial charge on any atom is 0.573 e. The number of halogens is 4. The Labute approximate surface area is 193 Å². The molecule has 0 unspecified atom stereocenters. The Morgan fingerprint density at radius 2 is 1.75 bits per heavy atom. The monoisotopic (exact) mass is 523 g/mol. The molecule has 1 fully saturated rings. The summed E-state index contributed by atoms with van der Waals surface area (Å²) in [6, 6.07) is 15.7. The molecule has 10 heteroatoms. The number of furan rings is 1. The maximum absolute atomic E-state index is 12.7. The van der Waals surface area contributed by atoms with Gasteiger partial charge in [-0.05, 0) is 59.8 Å². The predicted molar refractivity (Wildman–Crippen MR) is 116 cm³/mol. The standard InChI is InChI=1S/C22H13BrF3NO4S/c23-17-4-2-1-3-14(17)12-27-20(28)19(32-21(27)29)11-16-9-10-18(30-16)13-5-7-15(8-6-13)31-22(24,25)26/h1-11H,12H2/b19-11-. The van der Waals surface area contributed by atoms with Crippen LogP contribution in [-0.2, 0) is 11.3 Å². The van der Waals surface area contributed by atoms with Gasteiger partial charge in [0.1, 0.15) is 17.3 Å². The molecule has 2 aromatic carbocycles. The summed E-state index contributed by atoms with van der Waals surface area (Å²) in [5.41, 5.74) is 1.33. The number of imide groups is 1. The third kappa shape index (κ3) is 5.08. The van der Waals surface area contributed by atoms with E-state index in [0.29, 0.717) is 17.1 Å². The van der Waals surface area contributed by atoms with Gasteiger partial charge in [-0.25, -0.2) is 0 Å². The molecule has 164 valence electrons. The van der Waals surface area contributed by atoms with Crippen LogP contribution < -0.4 is 4.74 Å². The topological polar surface area (TPSA) is 59.8 Å². The summed E-state index contributed by atoms with van der Waals surface area (Å²) in [4.78, 5) is 26.4. The Balaban J connectivity index is 1.49. The smallest absolute Gasteiger partial charge is 0.457 e. The van der Waals surface area contributed by atoms with Gasteiger partial charge in [0, 0.05) is 16.1 Å². The van der Waals surface area contributed by atoms with E-state index in [4.69, 9.17) is 4.42 Å². The molecule has 5 nitrogen and oxygen atoms in total. The summed E-state index contributed by atoms with van der Waals surface area (Å²) >= 11 is 4.22. The molecule has 1 aliphatic heterocycles. The molecule has 0 atom stereocenters. The largest absolute Gasteiger partial charge is 0.573 e. The number of benzene rings is 2.